The van der Waals surface area contributed by atoms with Crippen molar-refractivity contribution in [2.24, 2.45) is 23.6 Å². The van der Waals surface area contributed by atoms with Crippen LogP contribution in [-0.2, 0) is 0 Å². The van der Waals surface area contributed by atoms with Gasteiger partial charge in [0.2, 0.25) is 0 Å². The maximum atomic E-state index is 13.3. The molecule has 17 heavy (non-hydrogen) atoms. The second-order valence-electron chi connectivity index (χ2n) is 5.30. The highest BCUT2D eigenvalue weighted by atomic mass is 35.5. The predicted molar refractivity (Wildman–Crippen MR) is 65.8 cm³/mol. The van der Waals surface area contributed by atoms with E-state index in [-0.39, 0.29) is 11.9 Å². The molecule has 0 heterocycles. The van der Waals surface area contributed by atoms with Crippen LogP contribution in [-0.4, -0.2) is 0 Å². The number of halogens is 2. The Morgan fingerprint density at radius 1 is 1.29 bits per heavy atom. The van der Waals surface area contributed by atoms with Crippen molar-refractivity contribution in [2.75, 3.05) is 0 Å². The summed E-state index contributed by atoms with van der Waals surface area (Å²) in [4.78, 5) is 0. The molecule has 2 aliphatic rings. The standard InChI is InChI=1S/C13H16ClFN2/c14-12-2-1-10(15)6-11(12)13(17-16)9-4-7-3-8(7)5-9/h1-2,6-9,13,17H,3-5,16H2. The smallest absolute Gasteiger partial charge is 0.123 e. The van der Waals surface area contributed by atoms with E-state index < -0.39 is 0 Å². The van der Waals surface area contributed by atoms with Gasteiger partial charge in [-0.15, -0.1) is 0 Å². The van der Waals surface area contributed by atoms with Crippen LogP contribution in [0.2, 0.25) is 5.02 Å². The molecule has 2 nitrogen and oxygen atoms in total. The van der Waals surface area contributed by atoms with Crippen molar-refractivity contribution in [3.05, 3.63) is 34.6 Å². The number of hydrogen-bond acceptors (Lipinski definition) is 2. The molecule has 3 atom stereocenters. The first kappa shape index (κ1) is 11.5. The number of nitrogens with two attached hydrogens (primary N) is 1. The first-order valence-corrected chi connectivity index (χ1v) is 6.48. The van der Waals surface area contributed by atoms with Crippen molar-refractivity contribution < 1.29 is 4.39 Å². The van der Waals surface area contributed by atoms with Gasteiger partial charge in [-0.2, -0.15) is 0 Å². The molecule has 92 valence electrons. The highest BCUT2D eigenvalue weighted by molar-refractivity contribution is 6.31. The Morgan fingerprint density at radius 3 is 2.65 bits per heavy atom. The summed E-state index contributed by atoms with van der Waals surface area (Å²) in [6.07, 6.45) is 3.74. The van der Waals surface area contributed by atoms with Crippen LogP contribution in [0.4, 0.5) is 4.39 Å². The second-order valence-corrected chi connectivity index (χ2v) is 5.70. The fourth-order valence-electron chi connectivity index (χ4n) is 3.27. The monoisotopic (exact) mass is 254 g/mol. The maximum Gasteiger partial charge on any atom is 0.123 e. The van der Waals surface area contributed by atoms with Crippen LogP contribution in [0.3, 0.4) is 0 Å². The van der Waals surface area contributed by atoms with Crippen molar-refractivity contribution in [1.29, 1.82) is 0 Å². The first-order chi connectivity index (χ1) is 8.19. The van der Waals surface area contributed by atoms with E-state index >= 15 is 0 Å². The van der Waals surface area contributed by atoms with E-state index in [1.165, 1.54) is 31.4 Å². The van der Waals surface area contributed by atoms with Crippen LogP contribution in [0.15, 0.2) is 18.2 Å². The van der Waals surface area contributed by atoms with Crippen LogP contribution in [0.25, 0.3) is 0 Å². The number of hydrazine groups is 1. The van der Waals surface area contributed by atoms with E-state index in [0.29, 0.717) is 10.9 Å². The molecule has 0 bridgehead atoms. The molecule has 1 aromatic carbocycles. The molecular formula is C13H16ClFN2. The highest BCUT2D eigenvalue weighted by Crippen LogP contribution is 2.57. The topological polar surface area (TPSA) is 38.0 Å². The highest BCUT2D eigenvalue weighted by Gasteiger charge is 2.48. The molecule has 2 saturated carbocycles. The second kappa shape index (κ2) is 4.23. The average molecular weight is 255 g/mol. The van der Waals surface area contributed by atoms with Crippen LogP contribution < -0.4 is 11.3 Å². The van der Waals surface area contributed by atoms with Crippen LogP contribution >= 0.6 is 11.6 Å². The third kappa shape index (κ3) is 2.07. The molecule has 4 heteroatoms. The van der Waals surface area contributed by atoms with E-state index in [4.69, 9.17) is 17.4 Å². The van der Waals surface area contributed by atoms with Crippen molar-refractivity contribution in [2.45, 2.75) is 25.3 Å². The summed E-state index contributed by atoms with van der Waals surface area (Å²) in [5, 5.41) is 0.593. The molecule has 3 unspecified atom stereocenters. The Morgan fingerprint density at radius 2 is 2.00 bits per heavy atom. The Kier molecular flexibility index (Phi) is 2.85. The Hall–Kier alpha value is -0.640. The van der Waals surface area contributed by atoms with Gasteiger partial charge in [0.05, 0.1) is 6.04 Å². The summed E-state index contributed by atoms with van der Waals surface area (Å²) in [6.45, 7) is 0. The first-order valence-electron chi connectivity index (χ1n) is 6.10. The lowest BCUT2D eigenvalue weighted by molar-refractivity contribution is 0.345. The minimum absolute atomic E-state index is 0.0222. The summed E-state index contributed by atoms with van der Waals surface area (Å²) in [7, 11) is 0. The van der Waals surface area contributed by atoms with Crippen LogP contribution in [0.5, 0.6) is 0 Å². The minimum atomic E-state index is -0.257. The van der Waals surface area contributed by atoms with Gasteiger partial charge in [-0.1, -0.05) is 11.6 Å². The molecule has 1 aromatic rings. The molecule has 0 amide bonds. The molecular weight excluding hydrogens is 239 g/mol. The molecule has 0 aromatic heterocycles. The maximum absolute atomic E-state index is 13.3. The SMILES string of the molecule is NNC(c1cc(F)ccc1Cl)C1CC2CC2C1. The Balaban J connectivity index is 1.86. The average Bonchev–Trinajstić information content (AvgIpc) is 2.92. The minimum Gasteiger partial charge on any atom is -0.271 e. The quantitative estimate of drug-likeness (QED) is 0.643. The molecule has 0 saturated heterocycles. The van der Waals surface area contributed by atoms with Gasteiger partial charge in [0, 0.05) is 5.02 Å². The summed E-state index contributed by atoms with van der Waals surface area (Å²) in [5.41, 5.74) is 3.61. The predicted octanol–water partition coefficient (Wildman–Crippen LogP) is 3.03. The normalized spacial score (nSPS) is 32.3. The fourth-order valence-corrected chi connectivity index (χ4v) is 3.50. The summed E-state index contributed by atoms with van der Waals surface area (Å²) < 4.78 is 13.3. The number of benzene rings is 1. The third-order valence-corrected chi connectivity index (χ3v) is 4.57. The lowest BCUT2D eigenvalue weighted by Crippen LogP contribution is -2.33. The van der Waals surface area contributed by atoms with Gasteiger partial charge in [0.1, 0.15) is 5.82 Å². The Bertz CT molecular complexity index is 427. The van der Waals surface area contributed by atoms with Gasteiger partial charge >= 0.3 is 0 Å². The fraction of sp³-hybridized carbons (Fsp3) is 0.538. The third-order valence-electron chi connectivity index (χ3n) is 4.22. The number of rotatable bonds is 3. The van der Waals surface area contributed by atoms with Gasteiger partial charge < -0.3 is 0 Å². The zero-order chi connectivity index (χ0) is 12.0. The van der Waals surface area contributed by atoms with Gasteiger partial charge in [-0.3, -0.25) is 11.3 Å². The molecule has 0 spiro atoms. The van der Waals surface area contributed by atoms with Crippen molar-refractivity contribution in [3.63, 3.8) is 0 Å². The zero-order valence-electron chi connectivity index (χ0n) is 9.50. The van der Waals surface area contributed by atoms with Gasteiger partial charge in [0.25, 0.3) is 0 Å². The van der Waals surface area contributed by atoms with Crippen molar-refractivity contribution in [1.82, 2.24) is 5.43 Å². The van der Waals surface area contributed by atoms with Crippen LogP contribution in [0, 0.1) is 23.6 Å². The number of hydrogen-bond donors (Lipinski definition) is 2. The number of nitrogens with one attached hydrogen (secondary N) is 1. The summed E-state index contributed by atoms with van der Waals surface area (Å²) in [6, 6.07) is 4.46. The van der Waals surface area contributed by atoms with Gasteiger partial charge in [0.15, 0.2) is 0 Å². The Labute approximate surface area is 105 Å². The molecule has 3 N–H and O–H groups in total. The van der Waals surface area contributed by atoms with Crippen molar-refractivity contribution >= 4 is 11.6 Å². The molecule has 2 fully saturated rings. The lowest BCUT2D eigenvalue weighted by atomic mass is 9.89. The summed E-state index contributed by atoms with van der Waals surface area (Å²) >= 11 is 6.13. The van der Waals surface area contributed by atoms with Gasteiger partial charge in [-0.05, 0) is 60.8 Å². The van der Waals surface area contributed by atoms with E-state index in [9.17, 15) is 4.39 Å². The molecule has 3 rings (SSSR count). The zero-order valence-corrected chi connectivity index (χ0v) is 10.3. The largest absolute Gasteiger partial charge is 0.271 e. The molecule has 0 aliphatic heterocycles. The number of fused-ring (bicyclic) bond motifs is 1. The van der Waals surface area contributed by atoms with E-state index in [1.807, 2.05) is 0 Å². The van der Waals surface area contributed by atoms with Gasteiger partial charge in [-0.25, -0.2) is 4.39 Å². The lowest BCUT2D eigenvalue weighted by Gasteiger charge is -2.25. The molecule has 0 radical (unpaired) electrons. The van der Waals surface area contributed by atoms with E-state index in [0.717, 1.165) is 17.4 Å². The van der Waals surface area contributed by atoms with E-state index in [2.05, 4.69) is 5.43 Å². The van der Waals surface area contributed by atoms with Crippen molar-refractivity contribution in [3.8, 4) is 0 Å². The summed E-state index contributed by atoms with van der Waals surface area (Å²) in [5.74, 6) is 7.62. The van der Waals surface area contributed by atoms with E-state index in [1.54, 1.807) is 6.07 Å². The molecule has 2 aliphatic carbocycles. The van der Waals surface area contributed by atoms with Crippen LogP contribution in [0.1, 0.15) is 30.9 Å².